The Hall–Kier alpha value is -3.56. The second-order valence-electron chi connectivity index (χ2n) is 8.32. The highest BCUT2D eigenvalue weighted by Gasteiger charge is 2.32. The van der Waals surface area contributed by atoms with Crippen LogP contribution in [-0.2, 0) is 31.6 Å². The van der Waals surface area contributed by atoms with Gasteiger partial charge in [0.05, 0.1) is 5.75 Å². The summed E-state index contributed by atoms with van der Waals surface area (Å²) in [4.78, 5) is 21.8. The van der Waals surface area contributed by atoms with Crippen LogP contribution in [0.25, 0.3) is 0 Å². The van der Waals surface area contributed by atoms with Crippen molar-refractivity contribution in [2.24, 2.45) is 21.5 Å². The Bertz CT molecular complexity index is 1410. The lowest BCUT2D eigenvalue weighted by Crippen LogP contribution is -2.54. The van der Waals surface area contributed by atoms with Gasteiger partial charge in [-0.3, -0.25) is 14.2 Å². The lowest BCUT2D eigenvalue weighted by atomic mass is 10.1. The molecule has 1 heterocycles. The van der Waals surface area contributed by atoms with Crippen LogP contribution in [-0.4, -0.2) is 50.6 Å². The lowest BCUT2D eigenvalue weighted by molar-refractivity contribution is -0.116. The van der Waals surface area contributed by atoms with Crippen LogP contribution in [0.3, 0.4) is 0 Å². The second kappa shape index (κ2) is 11.7. The van der Waals surface area contributed by atoms with Crippen LogP contribution in [0.1, 0.15) is 32.8 Å². The molecule has 1 amide bonds. The molecule has 6 N–H and O–H groups in total. The van der Waals surface area contributed by atoms with Crippen LogP contribution in [0, 0.1) is 0 Å². The third-order valence-corrected chi connectivity index (χ3v) is 6.54. The number of anilines is 2. The molecular weight excluding hydrogens is 527 g/mol. The van der Waals surface area contributed by atoms with Gasteiger partial charge in [0.25, 0.3) is 10.1 Å². The molecule has 0 bridgehead atoms. The molecule has 0 atom stereocenters. The topological polar surface area (TPSA) is 198 Å². The number of carbonyl (C=O) groups excluding carboxylic acids is 1. The number of aliphatic imine (C=N–C) groups is 2. The van der Waals surface area contributed by atoms with E-state index in [4.69, 9.17) is 16.0 Å². The largest absolute Gasteiger partial charge is 0.369 e. The van der Waals surface area contributed by atoms with Crippen molar-refractivity contribution >= 4 is 49.5 Å². The highest BCUT2D eigenvalue weighted by Crippen LogP contribution is 2.27. The summed E-state index contributed by atoms with van der Waals surface area (Å²) in [6.07, 6.45) is 0.608. The van der Waals surface area contributed by atoms with Gasteiger partial charge in [0.15, 0.2) is 0 Å². The number of halogens is 1. The predicted octanol–water partition coefficient (Wildman–Crippen LogP) is 2.00. The first-order valence-corrected chi connectivity index (χ1v) is 13.9. The van der Waals surface area contributed by atoms with Crippen molar-refractivity contribution in [1.82, 2.24) is 0 Å². The molecule has 2 aromatic rings. The molecule has 0 saturated carbocycles. The van der Waals surface area contributed by atoms with Crippen molar-refractivity contribution in [3.8, 4) is 0 Å². The quantitative estimate of drug-likeness (QED) is 0.291. The van der Waals surface area contributed by atoms with E-state index in [0.717, 1.165) is 23.4 Å². The molecule has 0 aliphatic carbocycles. The van der Waals surface area contributed by atoms with E-state index >= 15 is 0 Å². The monoisotopic (exact) mass is 556 g/mol. The van der Waals surface area contributed by atoms with Gasteiger partial charge in [-0.15, -0.1) is 3.89 Å². The van der Waals surface area contributed by atoms with E-state index in [0.29, 0.717) is 6.42 Å². The highest BCUT2D eigenvalue weighted by atomic mass is 32.3. The minimum absolute atomic E-state index is 0.121. The first-order chi connectivity index (χ1) is 17.0. The number of hydrogen-bond acceptors (Lipinski definition) is 10. The second-order valence-corrected chi connectivity index (χ2v) is 11.4. The number of benzene rings is 2. The number of guanidine groups is 2. The molecule has 37 heavy (non-hydrogen) atoms. The number of carbonyl (C=O) groups is 1. The summed E-state index contributed by atoms with van der Waals surface area (Å²) in [6, 6.07) is 12.5. The van der Waals surface area contributed by atoms with Gasteiger partial charge >= 0.3 is 10.2 Å². The Morgan fingerprint density at radius 3 is 2.22 bits per heavy atom. The average Bonchev–Trinajstić information content (AvgIpc) is 2.77. The van der Waals surface area contributed by atoms with Gasteiger partial charge in [-0.2, -0.15) is 21.8 Å². The van der Waals surface area contributed by atoms with E-state index in [1.54, 1.807) is 4.90 Å². The Labute approximate surface area is 215 Å². The van der Waals surface area contributed by atoms with Crippen LogP contribution >= 0.6 is 0 Å². The zero-order chi connectivity index (χ0) is 28.0. The predicted molar refractivity (Wildman–Crippen MR) is 140 cm³/mol. The minimum Gasteiger partial charge on any atom is -0.369 e. The molecule has 2 aromatic carbocycles. The summed E-state index contributed by atoms with van der Waals surface area (Å²) in [5.41, 5.74) is 12.9. The Balaban J connectivity index is 0.000000717. The SMILES string of the molecule is CC1(C)N=C(N)N=C(N)N1c1ccc(CCC(=O)Nc2cccc(S(=O)(=O)F)c2)cc1.CCS(=O)(=O)O. The van der Waals surface area contributed by atoms with E-state index in [-0.39, 0.29) is 35.7 Å². The molecule has 0 aromatic heterocycles. The maximum atomic E-state index is 13.1. The van der Waals surface area contributed by atoms with Crippen LogP contribution in [0.4, 0.5) is 15.3 Å². The summed E-state index contributed by atoms with van der Waals surface area (Å²) in [5, 5.41) is 2.57. The smallest absolute Gasteiger partial charge is 0.332 e. The number of hydrogen-bond donors (Lipinski definition) is 4. The van der Waals surface area contributed by atoms with Crippen molar-refractivity contribution in [2.75, 3.05) is 16.0 Å². The molecular formula is C22H29FN6O6S2. The van der Waals surface area contributed by atoms with Crippen molar-refractivity contribution in [3.05, 3.63) is 54.1 Å². The number of amides is 1. The molecule has 1 aliphatic heterocycles. The number of aryl methyl sites for hydroxylation is 1. The van der Waals surface area contributed by atoms with E-state index < -0.39 is 30.9 Å². The molecule has 0 radical (unpaired) electrons. The van der Waals surface area contributed by atoms with Crippen LogP contribution in [0.2, 0.25) is 0 Å². The third kappa shape index (κ3) is 9.11. The van der Waals surface area contributed by atoms with E-state index in [2.05, 4.69) is 15.3 Å². The number of nitrogens with one attached hydrogen (secondary N) is 1. The van der Waals surface area contributed by atoms with Gasteiger partial charge in [0, 0.05) is 17.8 Å². The zero-order valence-corrected chi connectivity index (χ0v) is 22.1. The standard InChI is InChI=1S/C20H23FN6O3S.C2H6O3S/c1-20(2)26-18(22)25-19(23)27(20)15-9-6-13(7-10-15)8-11-17(28)24-14-4-3-5-16(12-14)31(21,29)30;1-2-6(3,4)5/h3-7,9-10,12H,8,11H2,1-2H3,(H,24,28)(H4,22,23,25,26);2H2,1H3,(H,3,4,5). The number of rotatable bonds is 7. The molecule has 12 nitrogen and oxygen atoms in total. The van der Waals surface area contributed by atoms with Crippen LogP contribution < -0.4 is 21.7 Å². The van der Waals surface area contributed by atoms with E-state index in [9.17, 15) is 25.5 Å². The van der Waals surface area contributed by atoms with Gasteiger partial charge in [0.1, 0.15) is 10.6 Å². The molecule has 202 valence electrons. The van der Waals surface area contributed by atoms with Gasteiger partial charge in [0.2, 0.25) is 17.8 Å². The van der Waals surface area contributed by atoms with Crippen molar-refractivity contribution < 1.29 is 30.1 Å². The summed E-state index contributed by atoms with van der Waals surface area (Å²) in [6.45, 7) is 5.10. The van der Waals surface area contributed by atoms with Gasteiger partial charge in [-0.1, -0.05) is 18.2 Å². The Morgan fingerprint density at radius 1 is 1.11 bits per heavy atom. The zero-order valence-electron chi connectivity index (χ0n) is 20.4. The van der Waals surface area contributed by atoms with Crippen LogP contribution in [0.5, 0.6) is 0 Å². The normalized spacial score (nSPS) is 15.1. The molecule has 15 heteroatoms. The molecule has 0 fully saturated rings. The van der Waals surface area contributed by atoms with E-state index in [1.165, 1.54) is 19.1 Å². The first kappa shape index (κ1) is 29.7. The maximum Gasteiger partial charge on any atom is 0.332 e. The first-order valence-electron chi connectivity index (χ1n) is 10.9. The highest BCUT2D eigenvalue weighted by molar-refractivity contribution is 7.86. The fraction of sp³-hybridized carbons (Fsp3) is 0.318. The summed E-state index contributed by atoms with van der Waals surface area (Å²) in [7, 11) is -8.49. The maximum absolute atomic E-state index is 13.1. The molecule has 0 spiro atoms. The van der Waals surface area contributed by atoms with Gasteiger partial charge < -0.3 is 16.8 Å². The van der Waals surface area contributed by atoms with Crippen molar-refractivity contribution in [1.29, 1.82) is 0 Å². The van der Waals surface area contributed by atoms with Gasteiger partial charge in [-0.05, 0) is 63.1 Å². The summed E-state index contributed by atoms with van der Waals surface area (Å²) >= 11 is 0. The van der Waals surface area contributed by atoms with E-state index in [1.807, 2.05) is 38.1 Å². The molecule has 1 aliphatic rings. The third-order valence-electron chi connectivity index (χ3n) is 4.99. The fourth-order valence-corrected chi connectivity index (χ4v) is 3.78. The lowest BCUT2D eigenvalue weighted by Gasteiger charge is -2.38. The summed E-state index contributed by atoms with van der Waals surface area (Å²) in [5.74, 6) is -0.165. The van der Waals surface area contributed by atoms with Crippen LogP contribution in [0.15, 0.2) is 63.4 Å². The average molecular weight is 557 g/mol. The number of nitrogens with two attached hydrogens (primary N) is 2. The molecule has 0 saturated heterocycles. The number of nitrogens with zero attached hydrogens (tertiary/aromatic N) is 3. The summed E-state index contributed by atoms with van der Waals surface area (Å²) < 4.78 is 62.0. The Kier molecular flexibility index (Phi) is 9.35. The fourth-order valence-electron chi connectivity index (χ4n) is 3.27. The van der Waals surface area contributed by atoms with Crippen molar-refractivity contribution in [3.63, 3.8) is 0 Å². The molecule has 0 unspecified atom stereocenters. The molecule has 3 rings (SSSR count). The van der Waals surface area contributed by atoms with Gasteiger partial charge in [-0.25, -0.2) is 4.99 Å². The van der Waals surface area contributed by atoms with Crippen molar-refractivity contribution in [2.45, 2.75) is 44.2 Å². The Morgan fingerprint density at radius 2 is 1.70 bits per heavy atom. The minimum atomic E-state index is -4.83.